The average molecular weight is 461 g/mol. The Morgan fingerprint density at radius 1 is 0.818 bits per heavy atom. The summed E-state index contributed by atoms with van der Waals surface area (Å²) >= 11 is 0. The van der Waals surface area contributed by atoms with Crippen molar-refractivity contribution < 1.29 is 23.5 Å². The van der Waals surface area contributed by atoms with E-state index in [1.54, 1.807) is 6.07 Å². The molecule has 2 rings (SSSR count). The lowest BCUT2D eigenvalue weighted by atomic mass is 10.1. The predicted molar refractivity (Wildman–Crippen MR) is 126 cm³/mol. The van der Waals surface area contributed by atoms with Crippen LogP contribution in [0.5, 0.6) is 11.5 Å². The van der Waals surface area contributed by atoms with Crippen LogP contribution in [0.15, 0.2) is 42.7 Å². The molecule has 182 valence electrons. The zero-order valence-corrected chi connectivity index (χ0v) is 19.6. The van der Waals surface area contributed by atoms with Crippen LogP contribution in [-0.2, 0) is 17.6 Å². The van der Waals surface area contributed by atoms with Crippen molar-refractivity contribution in [2.75, 3.05) is 6.61 Å². The van der Waals surface area contributed by atoms with E-state index in [9.17, 15) is 19.5 Å². The number of rotatable bonds is 17. The Labute approximate surface area is 194 Å². The summed E-state index contributed by atoms with van der Waals surface area (Å²) in [6.45, 7) is 2.64. The molecule has 33 heavy (non-hydrogen) atoms. The zero-order chi connectivity index (χ0) is 23.9. The summed E-state index contributed by atoms with van der Waals surface area (Å²) in [7, 11) is 0. The first-order chi connectivity index (χ1) is 16.0. The molecule has 1 N–H and O–H groups in total. The van der Waals surface area contributed by atoms with Gasteiger partial charge in [-0.05, 0) is 19.3 Å². The number of ketones is 1. The number of aryl methyl sites for hydroxylation is 1. The first-order valence-electron chi connectivity index (χ1n) is 12.1. The van der Waals surface area contributed by atoms with Gasteiger partial charge in [-0.1, -0.05) is 51.9 Å². The standard InChI is InChI=1S/C26H36O7/c1-2-3-4-6-9-12-20(27)15-24-18-23(19-26(30)33-24)31-14-11-8-5-7-10-13-22-16-21(28)17-25(29)32-22/h16-19,28H,2-15H2,1H3. The average Bonchev–Trinajstić information content (AvgIpc) is 2.74. The molecule has 2 aromatic heterocycles. The van der Waals surface area contributed by atoms with Gasteiger partial charge in [-0.3, -0.25) is 4.79 Å². The first kappa shape index (κ1) is 26.4. The van der Waals surface area contributed by atoms with Crippen LogP contribution in [-0.4, -0.2) is 17.5 Å². The van der Waals surface area contributed by atoms with Crippen LogP contribution in [0.4, 0.5) is 0 Å². The predicted octanol–water partition coefficient (Wildman–Crippen LogP) is 5.34. The van der Waals surface area contributed by atoms with Gasteiger partial charge in [0.25, 0.3) is 0 Å². The second-order valence-electron chi connectivity index (χ2n) is 8.43. The molecular weight excluding hydrogens is 424 g/mol. The molecule has 0 aliphatic carbocycles. The number of aromatic hydroxyl groups is 1. The molecule has 2 heterocycles. The fourth-order valence-corrected chi connectivity index (χ4v) is 3.64. The maximum Gasteiger partial charge on any atom is 0.339 e. The number of hydrogen-bond donors (Lipinski definition) is 1. The Kier molecular flexibility index (Phi) is 12.1. The van der Waals surface area contributed by atoms with Crippen LogP contribution in [0.25, 0.3) is 0 Å². The van der Waals surface area contributed by atoms with Crippen molar-refractivity contribution in [1.82, 2.24) is 0 Å². The van der Waals surface area contributed by atoms with Gasteiger partial charge in [-0.15, -0.1) is 0 Å². The fourth-order valence-electron chi connectivity index (χ4n) is 3.64. The second-order valence-corrected chi connectivity index (χ2v) is 8.43. The highest BCUT2D eigenvalue weighted by atomic mass is 16.5. The van der Waals surface area contributed by atoms with E-state index < -0.39 is 11.3 Å². The van der Waals surface area contributed by atoms with Gasteiger partial charge in [0.05, 0.1) is 25.2 Å². The van der Waals surface area contributed by atoms with E-state index in [2.05, 4.69) is 6.92 Å². The Balaban J connectivity index is 1.61. The molecule has 0 aromatic carbocycles. The zero-order valence-electron chi connectivity index (χ0n) is 19.6. The van der Waals surface area contributed by atoms with Crippen LogP contribution >= 0.6 is 0 Å². The minimum Gasteiger partial charge on any atom is -0.508 e. The van der Waals surface area contributed by atoms with E-state index in [4.69, 9.17) is 13.6 Å². The molecule has 0 aliphatic heterocycles. The van der Waals surface area contributed by atoms with Crippen LogP contribution in [0.2, 0.25) is 0 Å². The molecule has 0 radical (unpaired) electrons. The Hall–Kier alpha value is -2.83. The number of carbonyl (C=O) groups excluding carboxylic acids is 1. The van der Waals surface area contributed by atoms with Gasteiger partial charge in [-0.2, -0.15) is 0 Å². The van der Waals surface area contributed by atoms with Crippen LogP contribution < -0.4 is 16.0 Å². The molecule has 0 bridgehead atoms. The largest absolute Gasteiger partial charge is 0.508 e. The quantitative estimate of drug-likeness (QED) is 0.317. The first-order valence-corrected chi connectivity index (χ1v) is 12.1. The second kappa shape index (κ2) is 15.1. The number of unbranched alkanes of at least 4 members (excludes halogenated alkanes) is 8. The number of Topliss-reactive ketones (excluding diaryl/α,β-unsaturated/α-hetero) is 1. The third-order valence-electron chi connectivity index (χ3n) is 5.37. The lowest BCUT2D eigenvalue weighted by Gasteiger charge is -2.07. The summed E-state index contributed by atoms with van der Waals surface area (Å²) in [6.07, 6.45) is 11.3. The van der Waals surface area contributed by atoms with Gasteiger partial charge < -0.3 is 18.7 Å². The van der Waals surface area contributed by atoms with Crippen LogP contribution in [0, 0.1) is 0 Å². The van der Waals surface area contributed by atoms with Gasteiger partial charge in [-0.25, -0.2) is 9.59 Å². The minimum atomic E-state index is -0.535. The molecule has 0 amide bonds. The monoisotopic (exact) mass is 460 g/mol. The molecule has 0 saturated heterocycles. The molecule has 0 spiro atoms. The van der Waals surface area contributed by atoms with Crippen molar-refractivity contribution in [3.8, 4) is 11.5 Å². The van der Waals surface area contributed by atoms with E-state index in [1.807, 2.05) is 0 Å². The molecule has 7 heteroatoms. The summed E-state index contributed by atoms with van der Waals surface area (Å²) in [4.78, 5) is 35.2. The molecule has 0 fully saturated rings. The highest BCUT2D eigenvalue weighted by molar-refractivity contribution is 5.80. The number of hydrogen-bond acceptors (Lipinski definition) is 7. The topological polar surface area (TPSA) is 107 Å². The maximum atomic E-state index is 12.1. The fraction of sp³-hybridized carbons (Fsp3) is 0.577. The Morgan fingerprint density at radius 3 is 2.27 bits per heavy atom. The highest BCUT2D eigenvalue weighted by Gasteiger charge is 2.09. The van der Waals surface area contributed by atoms with Crippen molar-refractivity contribution in [2.24, 2.45) is 0 Å². The van der Waals surface area contributed by atoms with Crippen molar-refractivity contribution in [3.05, 3.63) is 56.6 Å². The molecule has 0 aliphatic rings. The molecular formula is C26H36O7. The Bertz CT molecular complexity index is 958. The SMILES string of the molecule is CCCCCCCC(=O)Cc1cc(OCCCCCCCc2cc(O)cc(=O)o2)cc(=O)o1. The summed E-state index contributed by atoms with van der Waals surface area (Å²) < 4.78 is 15.9. The van der Waals surface area contributed by atoms with Crippen LogP contribution in [0.3, 0.4) is 0 Å². The van der Waals surface area contributed by atoms with Gasteiger partial charge in [0, 0.05) is 25.0 Å². The summed E-state index contributed by atoms with van der Waals surface area (Å²) in [6, 6.07) is 5.47. The smallest absolute Gasteiger partial charge is 0.339 e. The third-order valence-corrected chi connectivity index (χ3v) is 5.37. The van der Waals surface area contributed by atoms with E-state index in [0.29, 0.717) is 36.7 Å². The third kappa shape index (κ3) is 11.6. The minimum absolute atomic E-state index is 0.0664. The van der Waals surface area contributed by atoms with E-state index in [0.717, 1.165) is 57.4 Å². The van der Waals surface area contributed by atoms with Crippen molar-refractivity contribution in [2.45, 2.75) is 90.4 Å². The van der Waals surface area contributed by atoms with Gasteiger partial charge in [0.1, 0.15) is 28.8 Å². The van der Waals surface area contributed by atoms with Crippen molar-refractivity contribution in [3.63, 3.8) is 0 Å². The van der Waals surface area contributed by atoms with Crippen molar-refractivity contribution >= 4 is 5.78 Å². The lowest BCUT2D eigenvalue weighted by molar-refractivity contribution is -0.118. The van der Waals surface area contributed by atoms with E-state index in [-0.39, 0.29) is 18.0 Å². The summed E-state index contributed by atoms with van der Waals surface area (Å²) in [5, 5.41) is 9.41. The van der Waals surface area contributed by atoms with Gasteiger partial charge in [0.2, 0.25) is 0 Å². The molecule has 7 nitrogen and oxygen atoms in total. The van der Waals surface area contributed by atoms with E-state index >= 15 is 0 Å². The highest BCUT2D eigenvalue weighted by Crippen LogP contribution is 2.15. The molecule has 0 saturated carbocycles. The van der Waals surface area contributed by atoms with Crippen molar-refractivity contribution in [1.29, 1.82) is 0 Å². The van der Waals surface area contributed by atoms with Gasteiger partial charge >= 0.3 is 11.3 Å². The summed E-state index contributed by atoms with van der Waals surface area (Å²) in [5.41, 5.74) is -1.04. The maximum absolute atomic E-state index is 12.1. The number of ether oxygens (including phenoxy) is 1. The van der Waals surface area contributed by atoms with Crippen LogP contribution in [0.1, 0.15) is 89.1 Å². The molecule has 0 unspecified atom stereocenters. The molecule has 0 atom stereocenters. The molecule has 2 aromatic rings. The lowest BCUT2D eigenvalue weighted by Crippen LogP contribution is -2.08. The Morgan fingerprint density at radius 2 is 1.48 bits per heavy atom. The number of carbonyl (C=O) groups is 1. The normalized spacial score (nSPS) is 10.9. The summed E-state index contributed by atoms with van der Waals surface area (Å²) in [5.74, 6) is 1.31. The van der Waals surface area contributed by atoms with Gasteiger partial charge in [0.15, 0.2) is 0 Å². The van der Waals surface area contributed by atoms with E-state index in [1.165, 1.54) is 25.0 Å².